The Morgan fingerprint density at radius 2 is 2.43 bits per heavy atom. The van der Waals surface area contributed by atoms with E-state index in [4.69, 9.17) is 5.73 Å². The van der Waals surface area contributed by atoms with Crippen LogP contribution in [0.25, 0.3) is 0 Å². The van der Waals surface area contributed by atoms with E-state index in [2.05, 4.69) is 10.3 Å². The number of rotatable bonds is 3. The first-order valence-electron chi connectivity index (χ1n) is 4.33. The molecular weight excluding hydrogens is 182 g/mol. The van der Waals surface area contributed by atoms with Gasteiger partial charge in [-0.15, -0.1) is 0 Å². The Balaban J connectivity index is 2.80. The van der Waals surface area contributed by atoms with E-state index in [1.807, 2.05) is 0 Å². The van der Waals surface area contributed by atoms with Gasteiger partial charge in [0.2, 0.25) is 0 Å². The van der Waals surface area contributed by atoms with Crippen LogP contribution in [0.3, 0.4) is 0 Å². The minimum atomic E-state index is -0.398. The number of H-pyrrole nitrogens is 1. The maximum absolute atomic E-state index is 11.4. The van der Waals surface area contributed by atoms with Crippen LogP contribution in [0.1, 0.15) is 17.3 Å². The smallest absolute Gasteiger partial charge is 0.260 e. The highest BCUT2D eigenvalue weighted by molar-refractivity contribution is 5.93. The fraction of sp³-hybridized carbons (Fsp3) is 0.333. The van der Waals surface area contributed by atoms with Gasteiger partial charge in [-0.3, -0.25) is 9.59 Å². The second-order valence-corrected chi connectivity index (χ2v) is 3.02. The fourth-order valence-corrected chi connectivity index (χ4v) is 0.961. The molecule has 76 valence electrons. The van der Waals surface area contributed by atoms with Crippen molar-refractivity contribution < 1.29 is 4.79 Å². The van der Waals surface area contributed by atoms with Gasteiger partial charge < -0.3 is 16.0 Å². The summed E-state index contributed by atoms with van der Waals surface area (Å²) in [6, 6.07) is 2.93. The zero-order valence-electron chi connectivity index (χ0n) is 7.91. The molecule has 0 unspecified atom stereocenters. The molecule has 1 heterocycles. The van der Waals surface area contributed by atoms with Crippen LogP contribution in [0, 0.1) is 0 Å². The van der Waals surface area contributed by atoms with Gasteiger partial charge in [0, 0.05) is 18.8 Å². The van der Waals surface area contributed by atoms with Crippen molar-refractivity contribution in [3.8, 4) is 0 Å². The first-order valence-corrected chi connectivity index (χ1v) is 4.33. The van der Waals surface area contributed by atoms with E-state index in [0.29, 0.717) is 6.54 Å². The van der Waals surface area contributed by atoms with E-state index in [9.17, 15) is 9.59 Å². The van der Waals surface area contributed by atoms with Crippen molar-refractivity contribution in [2.75, 3.05) is 6.54 Å². The number of aromatic nitrogens is 1. The molecule has 0 saturated heterocycles. The second kappa shape index (κ2) is 4.57. The summed E-state index contributed by atoms with van der Waals surface area (Å²) in [6.45, 7) is 2.12. The van der Waals surface area contributed by atoms with Crippen molar-refractivity contribution in [2.24, 2.45) is 5.73 Å². The molecule has 0 bridgehead atoms. The average molecular weight is 195 g/mol. The van der Waals surface area contributed by atoms with E-state index in [1.165, 1.54) is 12.3 Å². The van der Waals surface area contributed by atoms with Gasteiger partial charge in [0.25, 0.3) is 11.5 Å². The summed E-state index contributed by atoms with van der Waals surface area (Å²) in [5.74, 6) is -0.398. The second-order valence-electron chi connectivity index (χ2n) is 3.02. The van der Waals surface area contributed by atoms with Crippen molar-refractivity contribution in [3.63, 3.8) is 0 Å². The Labute approximate surface area is 81.3 Å². The summed E-state index contributed by atoms with van der Waals surface area (Å²) in [5, 5.41) is 2.60. The Kier molecular flexibility index (Phi) is 3.41. The van der Waals surface area contributed by atoms with Crippen LogP contribution < -0.4 is 16.6 Å². The van der Waals surface area contributed by atoms with Crippen LogP contribution in [0.2, 0.25) is 0 Å². The first-order chi connectivity index (χ1) is 6.65. The Bertz CT molecular complexity index is 372. The van der Waals surface area contributed by atoms with Crippen molar-refractivity contribution in [1.82, 2.24) is 10.3 Å². The number of hydrogen-bond acceptors (Lipinski definition) is 3. The van der Waals surface area contributed by atoms with Crippen LogP contribution >= 0.6 is 0 Å². The summed E-state index contributed by atoms with van der Waals surface area (Å²) in [6.07, 6.45) is 1.48. The Morgan fingerprint density at radius 3 is 3.00 bits per heavy atom. The molecule has 1 amide bonds. The van der Waals surface area contributed by atoms with Crippen molar-refractivity contribution in [1.29, 1.82) is 0 Å². The van der Waals surface area contributed by atoms with Crippen molar-refractivity contribution in [2.45, 2.75) is 13.0 Å². The monoisotopic (exact) mass is 195 g/mol. The highest BCUT2D eigenvalue weighted by atomic mass is 16.2. The summed E-state index contributed by atoms with van der Waals surface area (Å²) in [5.41, 5.74) is 5.05. The van der Waals surface area contributed by atoms with Crippen molar-refractivity contribution in [3.05, 3.63) is 34.2 Å². The van der Waals surface area contributed by atoms with Gasteiger partial charge in [0.15, 0.2) is 0 Å². The molecule has 1 aromatic rings. The van der Waals surface area contributed by atoms with Gasteiger partial charge in [0.1, 0.15) is 5.56 Å². The van der Waals surface area contributed by atoms with E-state index >= 15 is 0 Å². The number of nitrogens with two attached hydrogens (primary N) is 1. The van der Waals surface area contributed by atoms with Gasteiger partial charge in [0.05, 0.1) is 0 Å². The van der Waals surface area contributed by atoms with Crippen LogP contribution in [0.5, 0.6) is 0 Å². The van der Waals surface area contributed by atoms with Crippen LogP contribution in [-0.2, 0) is 0 Å². The maximum Gasteiger partial charge on any atom is 0.260 e. The number of hydrogen-bond donors (Lipinski definition) is 3. The number of amides is 1. The topological polar surface area (TPSA) is 88.0 Å². The third-order valence-electron chi connectivity index (χ3n) is 1.79. The lowest BCUT2D eigenvalue weighted by molar-refractivity contribution is 0.0939. The molecule has 5 nitrogen and oxygen atoms in total. The molecule has 14 heavy (non-hydrogen) atoms. The molecule has 0 spiro atoms. The maximum atomic E-state index is 11.4. The van der Waals surface area contributed by atoms with Crippen molar-refractivity contribution >= 4 is 5.91 Å². The van der Waals surface area contributed by atoms with Gasteiger partial charge in [-0.2, -0.15) is 0 Å². The minimum Gasteiger partial charge on any atom is -0.348 e. The Morgan fingerprint density at radius 1 is 1.71 bits per heavy atom. The number of pyridine rings is 1. The number of carbonyl (C=O) groups excluding carboxylic acids is 1. The first kappa shape index (κ1) is 10.5. The SMILES string of the molecule is C[C@H](CN)NC(=O)c1ccc[nH]c1=O. The van der Waals surface area contributed by atoms with Crippen LogP contribution in [0.4, 0.5) is 0 Å². The molecule has 1 rings (SSSR count). The molecule has 0 fully saturated rings. The van der Waals surface area contributed by atoms with E-state index in [1.54, 1.807) is 13.0 Å². The summed E-state index contributed by atoms with van der Waals surface area (Å²) >= 11 is 0. The zero-order chi connectivity index (χ0) is 10.6. The van der Waals surface area contributed by atoms with Crippen LogP contribution in [-0.4, -0.2) is 23.5 Å². The quantitative estimate of drug-likeness (QED) is 0.604. The normalized spacial score (nSPS) is 12.1. The molecule has 5 heteroatoms. The molecule has 1 aromatic heterocycles. The minimum absolute atomic E-state index is 0.104. The molecule has 0 radical (unpaired) electrons. The molecule has 0 aromatic carbocycles. The number of aromatic amines is 1. The third-order valence-corrected chi connectivity index (χ3v) is 1.79. The van der Waals surface area contributed by atoms with Gasteiger partial charge in [-0.1, -0.05) is 0 Å². The predicted octanol–water partition coefficient (Wildman–Crippen LogP) is -0.548. The standard InChI is InChI=1S/C9H13N3O2/c1-6(5-10)12-9(14)7-3-2-4-11-8(7)13/h2-4,6H,5,10H2,1H3,(H,11,13)(H,12,14)/t6-/m1/s1. The molecular formula is C9H13N3O2. The highest BCUT2D eigenvalue weighted by Crippen LogP contribution is 1.90. The molecule has 0 saturated carbocycles. The predicted molar refractivity (Wildman–Crippen MR) is 53.0 cm³/mol. The molecule has 0 aliphatic carbocycles. The largest absolute Gasteiger partial charge is 0.348 e. The average Bonchev–Trinajstić information content (AvgIpc) is 2.18. The summed E-state index contributed by atoms with van der Waals surface area (Å²) < 4.78 is 0. The van der Waals surface area contributed by atoms with E-state index in [-0.39, 0.29) is 11.6 Å². The van der Waals surface area contributed by atoms with E-state index in [0.717, 1.165) is 0 Å². The van der Waals surface area contributed by atoms with Gasteiger partial charge >= 0.3 is 0 Å². The number of nitrogens with one attached hydrogen (secondary N) is 2. The highest BCUT2D eigenvalue weighted by Gasteiger charge is 2.11. The third kappa shape index (κ3) is 2.43. The lowest BCUT2D eigenvalue weighted by Crippen LogP contribution is -2.39. The lowest BCUT2D eigenvalue weighted by atomic mass is 10.2. The number of carbonyl (C=O) groups is 1. The molecule has 0 aliphatic rings. The summed E-state index contributed by atoms with van der Waals surface area (Å²) in [7, 11) is 0. The van der Waals surface area contributed by atoms with E-state index < -0.39 is 11.5 Å². The zero-order valence-corrected chi connectivity index (χ0v) is 7.91. The fourth-order valence-electron chi connectivity index (χ4n) is 0.961. The van der Waals surface area contributed by atoms with Gasteiger partial charge in [-0.25, -0.2) is 0 Å². The molecule has 4 N–H and O–H groups in total. The molecule has 1 atom stereocenters. The molecule has 0 aliphatic heterocycles. The Hall–Kier alpha value is -1.62. The van der Waals surface area contributed by atoms with Crippen LogP contribution in [0.15, 0.2) is 23.1 Å². The lowest BCUT2D eigenvalue weighted by Gasteiger charge is -2.10. The van der Waals surface area contributed by atoms with Gasteiger partial charge in [-0.05, 0) is 19.1 Å². The summed E-state index contributed by atoms with van der Waals surface area (Å²) in [4.78, 5) is 25.1.